The second-order valence-electron chi connectivity index (χ2n) is 5.06. The molecule has 0 heterocycles. The molecule has 1 saturated carbocycles. The fourth-order valence-corrected chi connectivity index (χ4v) is 1.86. The number of methoxy groups -OCH3 is 1. The Balaban J connectivity index is 1.65. The highest BCUT2D eigenvalue weighted by Gasteiger charge is 2.21. The van der Waals surface area contributed by atoms with Crippen molar-refractivity contribution in [1.29, 1.82) is 0 Å². The maximum Gasteiger partial charge on any atom is 0.191 e. The molecule has 0 unspecified atom stereocenters. The van der Waals surface area contributed by atoms with Crippen LogP contribution in [0.2, 0.25) is 0 Å². The molecule has 1 aromatic rings. The lowest BCUT2D eigenvalue weighted by Crippen LogP contribution is -2.38. The summed E-state index contributed by atoms with van der Waals surface area (Å²) >= 11 is 0. The van der Waals surface area contributed by atoms with Gasteiger partial charge < -0.3 is 20.1 Å². The molecule has 0 aliphatic heterocycles. The minimum absolute atomic E-state index is 0.623. The molecule has 0 radical (unpaired) electrons. The summed E-state index contributed by atoms with van der Waals surface area (Å²) in [6.45, 7) is 4.40. The third kappa shape index (κ3) is 5.94. The van der Waals surface area contributed by atoms with E-state index in [0.717, 1.165) is 37.0 Å². The molecule has 1 aliphatic carbocycles. The van der Waals surface area contributed by atoms with Crippen LogP contribution in [0.15, 0.2) is 29.3 Å². The van der Waals surface area contributed by atoms with Gasteiger partial charge in [-0.3, -0.25) is 4.99 Å². The monoisotopic (exact) mass is 291 g/mol. The van der Waals surface area contributed by atoms with Crippen molar-refractivity contribution in [3.63, 3.8) is 0 Å². The molecule has 1 fully saturated rings. The molecule has 0 bridgehead atoms. The molecule has 0 saturated heterocycles. The fraction of sp³-hybridized carbons (Fsp3) is 0.562. The summed E-state index contributed by atoms with van der Waals surface area (Å²) in [6, 6.07) is 8.26. The quantitative estimate of drug-likeness (QED) is 0.438. The van der Waals surface area contributed by atoms with Gasteiger partial charge in [0, 0.05) is 25.6 Å². The predicted molar refractivity (Wildman–Crippen MR) is 85.2 cm³/mol. The Hall–Kier alpha value is -1.91. The highest BCUT2D eigenvalue weighted by Crippen LogP contribution is 2.18. The van der Waals surface area contributed by atoms with Crippen LogP contribution in [0.3, 0.4) is 0 Å². The normalized spacial score (nSPS) is 14.7. The lowest BCUT2D eigenvalue weighted by Gasteiger charge is -2.10. The van der Waals surface area contributed by atoms with E-state index in [-0.39, 0.29) is 0 Å². The molecule has 116 valence electrons. The van der Waals surface area contributed by atoms with E-state index in [0.29, 0.717) is 12.6 Å². The van der Waals surface area contributed by atoms with Crippen LogP contribution in [0, 0.1) is 0 Å². The minimum atomic E-state index is 0.623. The van der Waals surface area contributed by atoms with Gasteiger partial charge in [-0.05, 0) is 44.0 Å². The van der Waals surface area contributed by atoms with E-state index in [4.69, 9.17) is 9.47 Å². The van der Waals surface area contributed by atoms with E-state index < -0.39 is 0 Å². The lowest BCUT2D eigenvalue weighted by atomic mass is 10.3. The molecule has 5 nitrogen and oxygen atoms in total. The number of nitrogens with one attached hydrogen (secondary N) is 2. The first-order valence-electron chi connectivity index (χ1n) is 7.63. The van der Waals surface area contributed by atoms with E-state index in [9.17, 15) is 0 Å². The van der Waals surface area contributed by atoms with Gasteiger partial charge in [0.2, 0.25) is 0 Å². The van der Waals surface area contributed by atoms with Crippen LogP contribution in [-0.4, -0.2) is 38.8 Å². The predicted octanol–water partition coefficient (Wildman–Crippen LogP) is 2.18. The second-order valence-corrected chi connectivity index (χ2v) is 5.06. The molecule has 1 aromatic carbocycles. The summed E-state index contributed by atoms with van der Waals surface area (Å²) in [5.74, 6) is 2.63. The van der Waals surface area contributed by atoms with E-state index in [2.05, 4.69) is 22.5 Å². The summed E-state index contributed by atoms with van der Waals surface area (Å²) in [6.07, 6.45) is 3.41. The molecule has 0 amide bonds. The van der Waals surface area contributed by atoms with Crippen molar-refractivity contribution in [2.24, 2.45) is 4.99 Å². The van der Waals surface area contributed by atoms with Crippen LogP contribution < -0.4 is 20.1 Å². The molecule has 5 heteroatoms. The summed E-state index contributed by atoms with van der Waals surface area (Å²) in [5.41, 5.74) is 0. The van der Waals surface area contributed by atoms with Crippen LogP contribution in [0.4, 0.5) is 0 Å². The molecule has 21 heavy (non-hydrogen) atoms. The first-order chi connectivity index (χ1) is 10.3. The Kier molecular flexibility index (Phi) is 6.19. The highest BCUT2D eigenvalue weighted by atomic mass is 16.5. The number of ether oxygens (including phenoxy) is 2. The third-order valence-electron chi connectivity index (χ3n) is 3.16. The van der Waals surface area contributed by atoms with Crippen molar-refractivity contribution in [3.05, 3.63) is 24.3 Å². The Bertz CT molecular complexity index is 441. The smallest absolute Gasteiger partial charge is 0.191 e. The number of hydrogen-bond donors (Lipinski definition) is 2. The molecule has 0 atom stereocenters. The van der Waals surface area contributed by atoms with Gasteiger partial charge in [-0.15, -0.1) is 0 Å². The summed E-state index contributed by atoms with van der Waals surface area (Å²) < 4.78 is 10.8. The standard InChI is InChI=1S/C16H25N3O2/c1-3-17-16(19-13-5-6-13)18-11-4-12-21-15-9-7-14(20-2)8-10-15/h7-10,13H,3-6,11-12H2,1-2H3,(H2,17,18,19). The van der Waals surface area contributed by atoms with Gasteiger partial charge in [0.05, 0.1) is 13.7 Å². The van der Waals surface area contributed by atoms with Crippen molar-refractivity contribution in [2.45, 2.75) is 32.2 Å². The Morgan fingerprint density at radius 1 is 1.24 bits per heavy atom. The van der Waals surface area contributed by atoms with Gasteiger partial charge in [-0.1, -0.05) is 0 Å². The SMILES string of the molecule is CCNC(=NCCCOc1ccc(OC)cc1)NC1CC1. The maximum atomic E-state index is 5.68. The summed E-state index contributed by atoms with van der Waals surface area (Å²) in [5, 5.41) is 6.66. The summed E-state index contributed by atoms with van der Waals surface area (Å²) in [4.78, 5) is 4.55. The average molecular weight is 291 g/mol. The Morgan fingerprint density at radius 3 is 2.57 bits per heavy atom. The molecule has 1 aliphatic rings. The van der Waals surface area contributed by atoms with Gasteiger partial charge in [0.15, 0.2) is 5.96 Å². The first-order valence-corrected chi connectivity index (χ1v) is 7.63. The van der Waals surface area contributed by atoms with Crippen molar-refractivity contribution >= 4 is 5.96 Å². The maximum absolute atomic E-state index is 5.68. The van der Waals surface area contributed by atoms with Gasteiger partial charge >= 0.3 is 0 Å². The lowest BCUT2D eigenvalue weighted by molar-refractivity contribution is 0.312. The highest BCUT2D eigenvalue weighted by molar-refractivity contribution is 5.80. The molecule has 0 aromatic heterocycles. The molecular formula is C16H25N3O2. The molecule has 2 N–H and O–H groups in total. The van der Waals surface area contributed by atoms with Gasteiger partial charge in [0.1, 0.15) is 11.5 Å². The van der Waals surface area contributed by atoms with Crippen molar-refractivity contribution in [3.8, 4) is 11.5 Å². The van der Waals surface area contributed by atoms with Crippen LogP contribution in [0.1, 0.15) is 26.2 Å². The Morgan fingerprint density at radius 2 is 1.95 bits per heavy atom. The van der Waals surface area contributed by atoms with Crippen LogP contribution in [0.5, 0.6) is 11.5 Å². The van der Waals surface area contributed by atoms with Crippen molar-refractivity contribution in [2.75, 3.05) is 26.8 Å². The number of rotatable bonds is 8. The zero-order chi connectivity index (χ0) is 14.9. The van der Waals surface area contributed by atoms with E-state index in [1.165, 1.54) is 12.8 Å². The number of aliphatic imine (C=N–C) groups is 1. The average Bonchev–Trinajstić information content (AvgIpc) is 3.31. The van der Waals surface area contributed by atoms with Crippen LogP contribution in [0.25, 0.3) is 0 Å². The Labute approximate surface area is 126 Å². The zero-order valence-electron chi connectivity index (χ0n) is 12.9. The van der Waals surface area contributed by atoms with Gasteiger partial charge in [-0.25, -0.2) is 0 Å². The molecular weight excluding hydrogens is 266 g/mol. The minimum Gasteiger partial charge on any atom is -0.497 e. The molecule has 2 rings (SSSR count). The third-order valence-corrected chi connectivity index (χ3v) is 3.16. The van der Waals surface area contributed by atoms with Gasteiger partial charge in [0.25, 0.3) is 0 Å². The first kappa shape index (κ1) is 15.5. The van der Waals surface area contributed by atoms with Crippen LogP contribution in [-0.2, 0) is 0 Å². The number of benzene rings is 1. The molecule has 0 spiro atoms. The zero-order valence-corrected chi connectivity index (χ0v) is 12.9. The van der Waals surface area contributed by atoms with Crippen molar-refractivity contribution in [1.82, 2.24) is 10.6 Å². The van der Waals surface area contributed by atoms with Crippen molar-refractivity contribution < 1.29 is 9.47 Å². The van der Waals surface area contributed by atoms with Crippen LogP contribution >= 0.6 is 0 Å². The number of hydrogen-bond acceptors (Lipinski definition) is 3. The fourth-order valence-electron chi connectivity index (χ4n) is 1.86. The number of guanidine groups is 1. The second kappa shape index (κ2) is 8.39. The number of nitrogens with zero attached hydrogens (tertiary/aromatic N) is 1. The van der Waals surface area contributed by atoms with E-state index in [1.807, 2.05) is 24.3 Å². The largest absolute Gasteiger partial charge is 0.497 e. The van der Waals surface area contributed by atoms with E-state index >= 15 is 0 Å². The summed E-state index contributed by atoms with van der Waals surface area (Å²) in [7, 11) is 1.66. The van der Waals surface area contributed by atoms with E-state index in [1.54, 1.807) is 7.11 Å². The topological polar surface area (TPSA) is 54.9 Å². The van der Waals surface area contributed by atoms with Gasteiger partial charge in [-0.2, -0.15) is 0 Å².